The van der Waals surface area contributed by atoms with Gasteiger partial charge in [-0.2, -0.15) is 0 Å². The van der Waals surface area contributed by atoms with Gasteiger partial charge in [-0.25, -0.2) is 9.97 Å². The van der Waals surface area contributed by atoms with Crippen molar-refractivity contribution in [2.24, 2.45) is 5.41 Å². The van der Waals surface area contributed by atoms with Gasteiger partial charge < -0.3 is 10.6 Å². The highest BCUT2D eigenvalue weighted by Gasteiger charge is 2.35. The number of hydrogen-bond donors (Lipinski definition) is 2. The number of nitrogens with zero attached hydrogens (tertiary/aromatic N) is 2. The summed E-state index contributed by atoms with van der Waals surface area (Å²) in [6.07, 6.45) is 6.33. The summed E-state index contributed by atoms with van der Waals surface area (Å²) >= 11 is 0. The summed E-state index contributed by atoms with van der Waals surface area (Å²) in [6.45, 7) is 7.71. The monoisotopic (exact) mass is 274 g/mol. The summed E-state index contributed by atoms with van der Waals surface area (Å²) in [4.78, 5) is 9.38. The Bertz CT molecular complexity index is 479. The standard InChI is InChI=1S/C16H26N4/c1-4-17-13-10-14(20-15(19-13)11-7-8-11)18-12-6-5-9-16(12,2)3/h10-12H,4-9H2,1-3H3,(H2,17,18,19,20). The molecule has 0 saturated heterocycles. The van der Waals surface area contributed by atoms with Gasteiger partial charge in [0.05, 0.1) is 0 Å². The highest BCUT2D eigenvalue weighted by Crippen LogP contribution is 2.41. The van der Waals surface area contributed by atoms with Crippen LogP contribution >= 0.6 is 0 Å². The van der Waals surface area contributed by atoms with Crippen LogP contribution in [0.1, 0.15) is 64.6 Å². The molecule has 2 N–H and O–H groups in total. The van der Waals surface area contributed by atoms with E-state index in [9.17, 15) is 0 Å². The van der Waals surface area contributed by atoms with Gasteiger partial charge in [0, 0.05) is 24.6 Å². The molecule has 110 valence electrons. The maximum Gasteiger partial charge on any atom is 0.136 e. The van der Waals surface area contributed by atoms with E-state index in [2.05, 4.69) is 42.5 Å². The second kappa shape index (κ2) is 5.23. The summed E-state index contributed by atoms with van der Waals surface area (Å²) in [5.41, 5.74) is 0.364. The third-order valence-electron chi connectivity index (χ3n) is 4.62. The van der Waals surface area contributed by atoms with Crippen molar-refractivity contribution in [3.8, 4) is 0 Å². The topological polar surface area (TPSA) is 49.8 Å². The van der Waals surface area contributed by atoms with Crippen LogP contribution in [0.3, 0.4) is 0 Å². The second-order valence-corrected chi connectivity index (χ2v) is 6.88. The van der Waals surface area contributed by atoms with E-state index in [1.807, 2.05) is 0 Å². The van der Waals surface area contributed by atoms with Crippen LogP contribution in [-0.2, 0) is 0 Å². The minimum atomic E-state index is 0.364. The minimum Gasteiger partial charge on any atom is -0.370 e. The average molecular weight is 274 g/mol. The molecule has 1 aromatic heterocycles. The predicted octanol–water partition coefficient (Wildman–Crippen LogP) is 3.78. The van der Waals surface area contributed by atoms with Gasteiger partial charge in [0.25, 0.3) is 0 Å². The molecule has 2 aliphatic rings. The molecule has 2 fully saturated rings. The first-order valence-electron chi connectivity index (χ1n) is 7.98. The third kappa shape index (κ3) is 2.89. The first-order valence-corrected chi connectivity index (χ1v) is 7.98. The van der Waals surface area contributed by atoms with Gasteiger partial charge in [0.1, 0.15) is 17.5 Å². The number of anilines is 2. The van der Waals surface area contributed by atoms with E-state index in [0.29, 0.717) is 17.4 Å². The van der Waals surface area contributed by atoms with Crippen LogP contribution in [0.25, 0.3) is 0 Å². The fraction of sp³-hybridized carbons (Fsp3) is 0.750. The molecule has 3 rings (SSSR count). The molecule has 1 heterocycles. The zero-order valence-corrected chi connectivity index (χ0v) is 12.9. The number of nitrogens with one attached hydrogen (secondary N) is 2. The Hall–Kier alpha value is -1.32. The highest BCUT2D eigenvalue weighted by molar-refractivity contribution is 5.49. The van der Waals surface area contributed by atoms with Gasteiger partial charge in [-0.15, -0.1) is 0 Å². The lowest BCUT2D eigenvalue weighted by Gasteiger charge is -2.28. The quantitative estimate of drug-likeness (QED) is 0.858. The minimum absolute atomic E-state index is 0.364. The van der Waals surface area contributed by atoms with Crippen molar-refractivity contribution in [2.75, 3.05) is 17.2 Å². The van der Waals surface area contributed by atoms with Gasteiger partial charge >= 0.3 is 0 Å². The molecular formula is C16H26N4. The molecule has 4 nitrogen and oxygen atoms in total. The van der Waals surface area contributed by atoms with Gasteiger partial charge in [-0.3, -0.25) is 0 Å². The van der Waals surface area contributed by atoms with E-state index in [1.165, 1.54) is 32.1 Å². The van der Waals surface area contributed by atoms with Crippen molar-refractivity contribution in [1.29, 1.82) is 0 Å². The Morgan fingerprint density at radius 1 is 1.20 bits per heavy atom. The molecular weight excluding hydrogens is 248 g/mol. The summed E-state index contributed by atoms with van der Waals surface area (Å²) in [7, 11) is 0. The molecule has 0 radical (unpaired) electrons. The van der Waals surface area contributed by atoms with Gasteiger partial charge in [0.15, 0.2) is 0 Å². The normalized spacial score (nSPS) is 24.6. The number of aromatic nitrogens is 2. The zero-order valence-electron chi connectivity index (χ0n) is 12.9. The summed E-state index contributed by atoms with van der Waals surface area (Å²) < 4.78 is 0. The van der Waals surface area contributed by atoms with Crippen LogP contribution in [-0.4, -0.2) is 22.6 Å². The molecule has 0 spiro atoms. The second-order valence-electron chi connectivity index (χ2n) is 6.88. The highest BCUT2D eigenvalue weighted by atomic mass is 15.1. The van der Waals surface area contributed by atoms with Crippen molar-refractivity contribution in [2.45, 2.75) is 64.8 Å². The molecule has 1 unspecified atom stereocenters. The Morgan fingerprint density at radius 2 is 1.95 bits per heavy atom. The summed E-state index contributed by atoms with van der Waals surface area (Å²) in [6, 6.07) is 2.59. The number of hydrogen-bond acceptors (Lipinski definition) is 4. The lowest BCUT2D eigenvalue weighted by atomic mass is 9.87. The van der Waals surface area contributed by atoms with Gasteiger partial charge in [-0.05, 0) is 38.0 Å². The van der Waals surface area contributed by atoms with Crippen LogP contribution < -0.4 is 10.6 Å². The smallest absolute Gasteiger partial charge is 0.136 e. The van der Waals surface area contributed by atoms with Crippen molar-refractivity contribution < 1.29 is 0 Å². The zero-order chi connectivity index (χ0) is 14.2. The van der Waals surface area contributed by atoms with Crippen molar-refractivity contribution in [3.63, 3.8) is 0 Å². The summed E-state index contributed by atoms with van der Waals surface area (Å²) in [5.74, 6) is 3.56. The maximum atomic E-state index is 4.74. The van der Waals surface area contributed by atoms with E-state index in [-0.39, 0.29) is 0 Å². The van der Waals surface area contributed by atoms with E-state index < -0.39 is 0 Å². The van der Waals surface area contributed by atoms with E-state index >= 15 is 0 Å². The Balaban J connectivity index is 1.80. The molecule has 1 atom stereocenters. The largest absolute Gasteiger partial charge is 0.370 e. The molecule has 2 aliphatic carbocycles. The fourth-order valence-corrected chi connectivity index (χ4v) is 3.11. The Labute approximate surface area is 121 Å². The molecule has 2 saturated carbocycles. The summed E-state index contributed by atoms with van der Waals surface area (Å²) in [5, 5.41) is 6.99. The van der Waals surface area contributed by atoms with E-state index in [1.54, 1.807) is 0 Å². The van der Waals surface area contributed by atoms with Crippen LogP contribution in [0.15, 0.2) is 6.07 Å². The Morgan fingerprint density at radius 3 is 2.55 bits per heavy atom. The van der Waals surface area contributed by atoms with Gasteiger partial charge in [-0.1, -0.05) is 20.3 Å². The predicted molar refractivity (Wildman–Crippen MR) is 83.2 cm³/mol. The molecule has 0 aliphatic heterocycles. The lowest BCUT2D eigenvalue weighted by Crippen LogP contribution is -2.31. The van der Waals surface area contributed by atoms with Crippen LogP contribution in [0.5, 0.6) is 0 Å². The first kappa shape index (κ1) is 13.7. The van der Waals surface area contributed by atoms with Crippen molar-refractivity contribution in [3.05, 3.63) is 11.9 Å². The molecule has 20 heavy (non-hydrogen) atoms. The van der Waals surface area contributed by atoms with Crippen LogP contribution in [0, 0.1) is 5.41 Å². The molecule has 4 heteroatoms. The molecule has 0 aromatic carbocycles. The third-order valence-corrected chi connectivity index (χ3v) is 4.62. The van der Waals surface area contributed by atoms with Crippen molar-refractivity contribution in [1.82, 2.24) is 9.97 Å². The molecule has 0 amide bonds. The lowest BCUT2D eigenvalue weighted by molar-refractivity contribution is 0.349. The first-order chi connectivity index (χ1) is 9.58. The van der Waals surface area contributed by atoms with Crippen molar-refractivity contribution >= 4 is 11.6 Å². The number of rotatable bonds is 5. The molecule has 0 bridgehead atoms. The average Bonchev–Trinajstić information content (AvgIpc) is 3.17. The molecule has 1 aromatic rings. The SMILES string of the molecule is CCNc1cc(NC2CCCC2(C)C)nc(C2CC2)n1. The fourth-order valence-electron chi connectivity index (χ4n) is 3.11. The van der Waals surface area contributed by atoms with Crippen LogP contribution in [0.4, 0.5) is 11.6 Å². The maximum absolute atomic E-state index is 4.74. The van der Waals surface area contributed by atoms with Gasteiger partial charge in [0.2, 0.25) is 0 Å². The Kier molecular flexibility index (Phi) is 3.57. The van der Waals surface area contributed by atoms with E-state index in [4.69, 9.17) is 4.98 Å². The van der Waals surface area contributed by atoms with Crippen LogP contribution in [0.2, 0.25) is 0 Å². The van der Waals surface area contributed by atoms with E-state index in [0.717, 1.165) is 24.0 Å².